The van der Waals surface area contributed by atoms with Gasteiger partial charge >= 0.3 is 0 Å². The van der Waals surface area contributed by atoms with Crippen molar-refractivity contribution in [1.29, 1.82) is 5.26 Å². The summed E-state index contributed by atoms with van der Waals surface area (Å²) in [5.41, 5.74) is 2.23. The summed E-state index contributed by atoms with van der Waals surface area (Å²) in [4.78, 5) is 14.8. The molecule has 2 aliphatic rings. The number of nitriles is 1. The number of amides is 1. The molecule has 2 aliphatic heterocycles. The van der Waals surface area contributed by atoms with Gasteiger partial charge in [-0.1, -0.05) is 18.2 Å². The Hall–Kier alpha value is -2.73. The Balaban J connectivity index is 1.43. The molecule has 7 nitrogen and oxygen atoms in total. The van der Waals surface area contributed by atoms with E-state index in [4.69, 9.17) is 5.26 Å². The Bertz CT molecular complexity index is 1080. The zero-order chi connectivity index (χ0) is 21.3. The number of anilines is 1. The number of piperazine rings is 1. The van der Waals surface area contributed by atoms with E-state index in [0.717, 1.165) is 24.1 Å². The number of hydrogen-bond acceptors (Lipinski definition) is 5. The van der Waals surface area contributed by atoms with E-state index < -0.39 is 10.0 Å². The third kappa shape index (κ3) is 3.97. The SMILES string of the molecule is Cc1ccccc1NC(=O)CN1CC2CCC(C1)N2S(=O)(=O)c1ccc(C#N)cc1. The molecule has 2 heterocycles. The molecule has 1 N–H and O–H groups in total. The van der Waals surface area contributed by atoms with Crippen LogP contribution in [0.1, 0.15) is 24.0 Å². The monoisotopic (exact) mass is 424 g/mol. The summed E-state index contributed by atoms with van der Waals surface area (Å²) in [5, 5.41) is 11.9. The molecule has 0 saturated carbocycles. The highest BCUT2D eigenvalue weighted by Gasteiger charge is 2.46. The Labute approximate surface area is 177 Å². The van der Waals surface area contributed by atoms with Crippen LogP contribution in [0, 0.1) is 18.3 Å². The van der Waals surface area contributed by atoms with E-state index in [9.17, 15) is 13.2 Å². The molecule has 0 spiro atoms. The number of aryl methyl sites for hydroxylation is 1. The fourth-order valence-electron chi connectivity index (χ4n) is 4.40. The van der Waals surface area contributed by atoms with Crippen molar-refractivity contribution < 1.29 is 13.2 Å². The Kier molecular flexibility index (Phi) is 5.60. The number of carbonyl (C=O) groups excluding carboxylic acids is 1. The van der Waals surface area contributed by atoms with Gasteiger partial charge in [0.25, 0.3) is 0 Å². The number of nitrogens with one attached hydrogen (secondary N) is 1. The minimum Gasteiger partial charge on any atom is -0.325 e. The Morgan fingerprint density at radius 1 is 1.10 bits per heavy atom. The molecule has 30 heavy (non-hydrogen) atoms. The molecule has 0 aliphatic carbocycles. The summed E-state index contributed by atoms with van der Waals surface area (Å²) in [6.07, 6.45) is 1.58. The number of para-hydroxylation sites is 1. The van der Waals surface area contributed by atoms with Crippen molar-refractivity contribution in [2.45, 2.75) is 36.7 Å². The van der Waals surface area contributed by atoms with Gasteiger partial charge in [-0.25, -0.2) is 8.42 Å². The summed E-state index contributed by atoms with van der Waals surface area (Å²) in [7, 11) is -3.63. The third-order valence-corrected chi connectivity index (χ3v) is 7.86. The van der Waals surface area contributed by atoms with Gasteiger partial charge in [0.05, 0.1) is 23.1 Å². The predicted molar refractivity (Wildman–Crippen MR) is 113 cm³/mol. The van der Waals surface area contributed by atoms with Crippen molar-refractivity contribution in [3.8, 4) is 6.07 Å². The topological polar surface area (TPSA) is 93.5 Å². The van der Waals surface area contributed by atoms with E-state index in [1.165, 1.54) is 24.3 Å². The van der Waals surface area contributed by atoms with Crippen LogP contribution in [0.2, 0.25) is 0 Å². The number of likely N-dealkylation sites (tertiary alicyclic amines) is 1. The van der Waals surface area contributed by atoms with Crippen LogP contribution in [0.25, 0.3) is 0 Å². The molecule has 156 valence electrons. The van der Waals surface area contributed by atoms with Crippen molar-refractivity contribution in [2.75, 3.05) is 25.0 Å². The second-order valence-electron chi connectivity index (χ2n) is 7.91. The number of sulfonamides is 1. The van der Waals surface area contributed by atoms with Crippen molar-refractivity contribution in [1.82, 2.24) is 9.21 Å². The van der Waals surface area contributed by atoms with E-state index in [1.807, 2.05) is 42.2 Å². The first-order chi connectivity index (χ1) is 14.4. The molecule has 8 heteroatoms. The number of carbonyl (C=O) groups is 1. The number of benzene rings is 2. The minimum atomic E-state index is -3.63. The maximum Gasteiger partial charge on any atom is 0.243 e. The molecule has 2 aromatic rings. The molecule has 2 atom stereocenters. The van der Waals surface area contributed by atoms with Gasteiger partial charge in [-0.15, -0.1) is 0 Å². The quantitative estimate of drug-likeness (QED) is 0.795. The standard InChI is InChI=1S/C22H24N4O3S/c1-16-4-2-3-5-21(16)24-22(27)15-25-13-18-8-9-19(14-25)26(18)30(28,29)20-10-6-17(12-23)7-11-20/h2-7,10-11,18-19H,8-9,13-15H2,1H3,(H,24,27). The molecule has 2 aromatic carbocycles. The molecular weight excluding hydrogens is 400 g/mol. The zero-order valence-corrected chi connectivity index (χ0v) is 17.6. The number of rotatable bonds is 5. The lowest BCUT2D eigenvalue weighted by molar-refractivity contribution is -0.117. The van der Waals surface area contributed by atoms with Crippen molar-refractivity contribution in [3.05, 3.63) is 59.7 Å². The number of fused-ring (bicyclic) bond motifs is 2. The van der Waals surface area contributed by atoms with E-state index in [0.29, 0.717) is 18.7 Å². The van der Waals surface area contributed by atoms with Crippen LogP contribution >= 0.6 is 0 Å². The zero-order valence-electron chi connectivity index (χ0n) is 16.8. The first kappa shape index (κ1) is 20.5. The van der Waals surface area contributed by atoms with Gasteiger partial charge in [-0.05, 0) is 55.7 Å². The fraction of sp³-hybridized carbons (Fsp3) is 0.364. The fourth-order valence-corrected chi connectivity index (χ4v) is 6.25. The molecule has 2 unspecified atom stereocenters. The van der Waals surface area contributed by atoms with Gasteiger partial charge in [0, 0.05) is 30.9 Å². The smallest absolute Gasteiger partial charge is 0.243 e. The van der Waals surface area contributed by atoms with Crippen LogP contribution < -0.4 is 5.32 Å². The highest BCUT2D eigenvalue weighted by atomic mass is 32.2. The van der Waals surface area contributed by atoms with Crippen LogP contribution in [-0.4, -0.2) is 55.2 Å². The molecule has 4 rings (SSSR count). The highest BCUT2D eigenvalue weighted by Crippen LogP contribution is 2.35. The van der Waals surface area contributed by atoms with Gasteiger partial charge in [-0.3, -0.25) is 9.69 Å². The van der Waals surface area contributed by atoms with Gasteiger partial charge in [0.1, 0.15) is 0 Å². The average molecular weight is 425 g/mol. The molecule has 0 radical (unpaired) electrons. The van der Waals surface area contributed by atoms with Crippen LogP contribution in [0.4, 0.5) is 5.69 Å². The molecule has 1 amide bonds. The van der Waals surface area contributed by atoms with Gasteiger partial charge in [0.2, 0.25) is 15.9 Å². The summed E-state index contributed by atoms with van der Waals surface area (Å²) in [6, 6.07) is 15.4. The number of hydrogen-bond donors (Lipinski definition) is 1. The third-order valence-electron chi connectivity index (χ3n) is 5.84. The molecule has 0 aromatic heterocycles. The van der Waals surface area contributed by atoms with Crippen LogP contribution in [0.3, 0.4) is 0 Å². The second-order valence-corrected chi connectivity index (χ2v) is 9.76. The Morgan fingerprint density at radius 2 is 1.73 bits per heavy atom. The van der Waals surface area contributed by atoms with Crippen molar-refractivity contribution in [2.24, 2.45) is 0 Å². The summed E-state index contributed by atoms with van der Waals surface area (Å²) < 4.78 is 28.0. The predicted octanol–water partition coefficient (Wildman–Crippen LogP) is 2.34. The molecule has 2 saturated heterocycles. The van der Waals surface area contributed by atoms with Crippen LogP contribution in [0.5, 0.6) is 0 Å². The van der Waals surface area contributed by atoms with Gasteiger partial charge in [0.15, 0.2) is 0 Å². The van der Waals surface area contributed by atoms with Crippen molar-refractivity contribution in [3.63, 3.8) is 0 Å². The van der Waals surface area contributed by atoms with Gasteiger partial charge in [-0.2, -0.15) is 9.57 Å². The molecular formula is C22H24N4O3S. The summed E-state index contributed by atoms with van der Waals surface area (Å²) in [6.45, 7) is 3.26. The lowest BCUT2D eigenvalue weighted by atomic mass is 10.2. The van der Waals surface area contributed by atoms with E-state index in [2.05, 4.69) is 5.32 Å². The van der Waals surface area contributed by atoms with Crippen LogP contribution in [0.15, 0.2) is 53.4 Å². The average Bonchev–Trinajstić information content (AvgIpc) is 3.02. The molecule has 2 bridgehead atoms. The van der Waals surface area contributed by atoms with Crippen molar-refractivity contribution >= 4 is 21.6 Å². The first-order valence-corrected chi connectivity index (χ1v) is 11.4. The first-order valence-electron chi connectivity index (χ1n) is 10.00. The largest absolute Gasteiger partial charge is 0.325 e. The maximum atomic E-state index is 13.2. The number of nitrogens with zero attached hydrogens (tertiary/aromatic N) is 3. The lowest BCUT2D eigenvalue weighted by Gasteiger charge is -2.39. The Morgan fingerprint density at radius 3 is 2.33 bits per heavy atom. The molecule has 2 fully saturated rings. The summed E-state index contributed by atoms with van der Waals surface area (Å²) >= 11 is 0. The van der Waals surface area contributed by atoms with Gasteiger partial charge < -0.3 is 5.32 Å². The minimum absolute atomic E-state index is 0.0906. The van der Waals surface area contributed by atoms with Crippen LogP contribution in [-0.2, 0) is 14.8 Å². The summed E-state index contributed by atoms with van der Waals surface area (Å²) in [5.74, 6) is -0.0906. The second kappa shape index (κ2) is 8.19. The van der Waals surface area contributed by atoms with E-state index >= 15 is 0 Å². The normalized spacial score (nSPS) is 21.9. The maximum absolute atomic E-state index is 13.2. The lowest BCUT2D eigenvalue weighted by Crippen LogP contribution is -2.56. The van der Waals surface area contributed by atoms with E-state index in [-0.39, 0.29) is 29.4 Å². The highest BCUT2D eigenvalue weighted by molar-refractivity contribution is 7.89. The van der Waals surface area contributed by atoms with E-state index in [1.54, 1.807) is 4.31 Å².